The predicted octanol–water partition coefficient (Wildman–Crippen LogP) is 3.24. The van der Waals surface area contributed by atoms with E-state index in [9.17, 15) is 26.9 Å². The Balaban J connectivity index is 2.22. The van der Waals surface area contributed by atoms with Crippen LogP contribution in [0, 0.1) is 28.6 Å². The average molecular weight is 425 g/mol. The number of fused-ring (bicyclic) bond motifs is 1. The number of hydrogen-bond donors (Lipinski definition) is 2. The second-order valence-electron chi connectivity index (χ2n) is 6.11. The minimum Gasteiger partial charge on any atom is -0.457 e. The van der Waals surface area contributed by atoms with Gasteiger partial charge in [0.1, 0.15) is 23.4 Å². The molecule has 0 spiro atoms. The van der Waals surface area contributed by atoms with Crippen LogP contribution in [-0.4, -0.2) is 21.1 Å². The molecule has 0 amide bonds. The fourth-order valence-corrected chi connectivity index (χ4v) is 4.10. The third-order valence-corrected chi connectivity index (χ3v) is 5.72. The van der Waals surface area contributed by atoms with Gasteiger partial charge in [-0.25, -0.2) is 17.7 Å². The second kappa shape index (κ2) is 6.95. The van der Waals surface area contributed by atoms with E-state index in [1.165, 1.54) is 6.19 Å². The van der Waals surface area contributed by atoms with Crippen molar-refractivity contribution in [2.75, 3.05) is 0 Å². The molecule has 2 N–H and O–H groups in total. The van der Waals surface area contributed by atoms with Gasteiger partial charge in [0, 0.05) is 17.2 Å². The van der Waals surface area contributed by atoms with Crippen molar-refractivity contribution in [1.29, 1.82) is 10.5 Å². The zero-order chi connectivity index (χ0) is 21.6. The lowest BCUT2D eigenvalue weighted by atomic mass is 10.1. The van der Waals surface area contributed by atoms with Gasteiger partial charge in [-0.3, -0.25) is 0 Å². The van der Waals surface area contributed by atoms with Crippen LogP contribution in [0.2, 0.25) is 0 Å². The summed E-state index contributed by atoms with van der Waals surface area (Å²) in [5.41, 5.74) is -1.67. The molecule has 0 bridgehead atoms. The van der Waals surface area contributed by atoms with Gasteiger partial charge < -0.3 is 9.84 Å². The third-order valence-electron chi connectivity index (χ3n) is 4.23. The van der Waals surface area contributed by atoms with Crippen LogP contribution in [-0.2, 0) is 9.71 Å². The number of nitriles is 2. The Labute approximate surface area is 162 Å². The molecule has 1 aliphatic rings. The average Bonchev–Trinajstić information content (AvgIpc) is 2.82. The van der Waals surface area contributed by atoms with Crippen LogP contribution in [0.25, 0.3) is 0 Å². The van der Waals surface area contributed by atoms with Crippen LogP contribution >= 0.6 is 0 Å². The van der Waals surface area contributed by atoms with Crippen molar-refractivity contribution in [2.45, 2.75) is 23.1 Å². The Bertz CT molecular complexity index is 1190. The Morgan fingerprint density at radius 3 is 2.55 bits per heavy atom. The SMILES string of the molecule is C=S(=O)(NC#N)c1ccc(Oc2cc(F)cc(C#N)c2)c2c1C(O)C(F)(F)C2F. The van der Waals surface area contributed by atoms with Crippen LogP contribution < -0.4 is 9.46 Å². The van der Waals surface area contributed by atoms with Crippen molar-refractivity contribution < 1.29 is 31.6 Å². The lowest BCUT2D eigenvalue weighted by molar-refractivity contribution is -0.143. The Kier molecular flexibility index (Phi) is 4.91. The highest BCUT2D eigenvalue weighted by molar-refractivity contribution is 7.98. The molecular formula is C18H11F4N3O3S. The van der Waals surface area contributed by atoms with Gasteiger partial charge in [-0.2, -0.15) is 19.3 Å². The molecule has 0 heterocycles. The minimum absolute atomic E-state index is 0.130. The van der Waals surface area contributed by atoms with Gasteiger partial charge in [0.15, 0.2) is 12.4 Å². The van der Waals surface area contributed by atoms with Crippen molar-refractivity contribution in [3.05, 3.63) is 52.8 Å². The number of nitrogens with zero attached hydrogens (tertiary/aromatic N) is 2. The van der Waals surface area contributed by atoms with E-state index in [4.69, 9.17) is 15.3 Å². The number of halogens is 4. The molecule has 0 aliphatic heterocycles. The van der Waals surface area contributed by atoms with Crippen molar-refractivity contribution in [1.82, 2.24) is 4.72 Å². The first-order valence-electron chi connectivity index (χ1n) is 7.81. The summed E-state index contributed by atoms with van der Waals surface area (Å²) in [7, 11) is -3.68. The number of benzene rings is 2. The van der Waals surface area contributed by atoms with Crippen molar-refractivity contribution in [2.24, 2.45) is 0 Å². The molecule has 1 aliphatic carbocycles. The first-order chi connectivity index (χ1) is 13.5. The Morgan fingerprint density at radius 1 is 1.24 bits per heavy atom. The van der Waals surface area contributed by atoms with Gasteiger partial charge in [0.25, 0.3) is 0 Å². The molecule has 2 aromatic rings. The lowest BCUT2D eigenvalue weighted by Crippen LogP contribution is -2.25. The maximum atomic E-state index is 14.6. The number of aliphatic hydroxyl groups is 1. The van der Waals surface area contributed by atoms with Gasteiger partial charge in [-0.15, -0.1) is 0 Å². The Hall–Kier alpha value is -3.28. The Morgan fingerprint density at radius 2 is 1.93 bits per heavy atom. The summed E-state index contributed by atoms with van der Waals surface area (Å²) in [6.07, 6.45) is -4.36. The summed E-state index contributed by atoms with van der Waals surface area (Å²) < 4.78 is 76.3. The van der Waals surface area contributed by atoms with Crippen LogP contribution in [0.4, 0.5) is 17.6 Å². The van der Waals surface area contributed by atoms with E-state index in [1.54, 1.807) is 6.07 Å². The summed E-state index contributed by atoms with van der Waals surface area (Å²) in [6, 6.07) is 6.49. The summed E-state index contributed by atoms with van der Waals surface area (Å²) in [6.45, 7) is 0. The van der Waals surface area contributed by atoms with Crippen LogP contribution in [0.15, 0.2) is 35.2 Å². The number of nitrogens with one attached hydrogen (secondary N) is 1. The molecule has 150 valence electrons. The van der Waals surface area contributed by atoms with Crippen molar-refractivity contribution >= 4 is 15.6 Å². The molecule has 0 radical (unpaired) electrons. The van der Waals surface area contributed by atoms with E-state index in [-0.39, 0.29) is 11.3 Å². The molecule has 0 saturated heterocycles. The third kappa shape index (κ3) is 3.35. The molecule has 6 nitrogen and oxygen atoms in total. The first-order valence-corrected chi connectivity index (χ1v) is 9.54. The summed E-state index contributed by atoms with van der Waals surface area (Å²) >= 11 is 0. The molecule has 0 aromatic heterocycles. The smallest absolute Gasteiger partial charge is 0.312 e. The number of hydrogen-bond acceptors (Lipinski definition) is 5. The quantitative estimate of drug-likeness (QED) is 0.339. The highest BCUT2D eigenvalue weighted by atomic mass is 32.2. The largest absolute Gasteiger partial charge is 0.457 e. The van der Waals surface area contributed by atoms with Gasteiger partial charge in [-0.1, -0.05) is 0 Å². The number of alkyl halides is 3. The van der Waals surface area contributed by atoms with Gasteiger partial charge >= 0.3 is 5.92 Å². The minimum atomic E-state index is -4.28. The number of aliphatic hydroxyl groups excluding tert-OH is 1. The molecule has 2 aromatic carbocycles. The fraction of sp³-hybridized carbons (Fsp3) is 0.167. The standard InChI is InChI=1S/C18H11F4N3O3S/c1-29(27,25-8-24)13-3-2-12(14-15(13)17(26)18(21,22)16(14)20)28-11-5-9(7-23)4-10(19)6-11/h2-6,16-17,26H,1H2,(H,25,27). The van der Waals surface area contributed by atoms with E-state index >= 15 is 0 Å². The maximum absolute atomic E-state index is 14.6. The summed E-state index contributed by atoms with van der Waals surface area (Å²) in [5, 5.41) is 27.6. The number of rotatable bonds is 4. The number of ether oxygens (including phenoxy) is 1. The summed E-state index contributed by atoms with van der Waals surface area (Å²) in [5.74, 6) is -2.66. The van der Waals surface area contributed by atoms with Crippen molar-refractivity contribution in [3.63, 3.8) is 0 Å². The topological polar surface area (TPSA) is 106 Å². The van der Waals surface area contributed by atoms with Gasteiger partial charge in [0.2, 0.25) is 0 Å². The van der Waals surface area contributed by atoms with Gasteiger partial charge in [-0.05, 0) is 30.1 Å². The second-order valence-corrected chi connectivity index (χ2v) is 8.10. The maximum Gasteiger partial charge on any atom is 0.312 e. The lowest BCUT2D eigenvalue weighted by Gasteiger charge is -2.17. The van der Waals surface area contributed by atoms with E-state index in [2.05, 4.69) is 5.87 Å². The first kappa shape index (κ1) is 20.5. The van der Waals surface area contributed by atoms with E-state index in [1.807, 2.05) is 4.72 Å². The van der Waals surface area contributed by atoms with E-state index in [0.29, 0.717) is 0 Å². The zero-order valence-electron chi connectivity index (χ0n) is 14.3. The molecule has 3 atom stereocenters. The highest BCUT2D eigenvalue weighted by Crippen LogP contribution is 2.57. The highest BCUT2D eigenvalue weighted by Gasteiger charge is 2.58. The summed E-state index contributed by atoms with van der Waals surface area (Å²) in [4.78, 5) is -0.495. The molecule has 29 heavy (non-hydrogen) atoms. The van der Waals surface area contributed by atoms with Crippen LogP contribution in [0.3, 0.4) is 0 Å². The fourth-order valence-electron chi connectivity index (χ4n) is 2.98. The van der Waals surface area contributed by atoms with E-state index < -0.39 is 55.5 Å². The van der Waals surface area contributed by atoms with Gasteiger partial charge in [0.05, 0.1) is 26.2 Å². The van der Waals surface area contributed by atoms with Crippen LogP contribution in [0.1, 0.15) is 29.0 Å². The molecule has 0 saturated carbocycles. The molecule has 11 heteroatoms. The predicted molar refractivity (Wildman–Crippen MR) is 93.7 cm³/mol. The normalized spacial score (nSPS) is 21.3. The molecule has 3 rings (SSSR count). The molecule has 0 fully saturated rings. The molecular weight excluding hydrogens is 414 g/mol. The van der Waals surface area contributed by atoms with Crippen molar-refractivity contribution in [3.8, 4) is 23.8 Å². The van der Waals surface area contributed by atoms with E-state index in [0.717, 1.165) is 30.3 Å². The van der Waals surface area contributed by atoms with Crippen LogP contribution in [0.5, 0.6) is 11.5 Å². The zero-order valence-corrected chi connectivity index (χ0v) is 15.1. The monoisotopic (exact) mass is 425 g/mol. The molecule has 3 unspecified atom stereocenters.